The lowest BCUT2D eigenvalue weighted by Crippen LogP contribution is -2.45. The Morgan fingerprint density at radius 1 is 1.05 bits per heavy atom. The van der Waals surface area contributed by atoms with E-state index >= 15 is 0 Å². The number of nitrogens with zero attached hydrogens (tertiary/aromatic N) is 3. The maximum absolute atomic E-state index is 13.7. The molecule has 0 aromatic heterocycles. The van der Waals surface area contributed by atoms with Crippen LogP contribution in [0.1, 0.15) is 50.5 Å². The van der Waals surface area contributed by atoms with Crippen LogP contribution in [0, 0.1) is 5.92 Å². The molecule has 218 valence electrons. The van der Waals surface area contributed by atoms with Gasteiger partial charge in [0.1, 0.15) is 0 Å². The van der Waals surface area contributed by atoms with Crippen molar-refractivity contribution in [3.8, 4) is 11.5 Å². The fraction of sp³-hybridized carbons (Fsp3) is 0.724. The first-order chi connectivity index (χ1) is 18.7. The fourth-order valence-corrected chi connectivity index (χ4v) is 5.93. The van der Waals surface area contributed by atoms with Crippen molar-refractivity contribution in [1.82, 2.24) is 9.80 Å². The molecule has 3 aliphatic rings. The van der Waals surface area contributed by atoms with Gasteiger partial charge in [-0.05, 0) is 37.0 Å². The van der Waals surface area contributed by atoms with Gasteiger partial charge in [-0.1, -0.05) is 19.4 Å². The van der Waals surface area contributed by atoms with Crippen LogP contribution in [-0.2, 0) is 19.1 Å². The van der Waals surface area contributed by atoms with Crippen LogP contribution in [0.25, 0.3) is 0 Å². The van der Waals surface area contributed by atoms with Gasteiger partial charge in [-0.15, -0.1) is 0 Å². The van der Waals surface area contributed by atoms with Crippen LogP contribution >= 0.6 is 0 Å². The largest absolute Gasteiger partial charge is 0.481 e. The quantitative estimate of drug-likeness (QED) is 0.355. The number of carbonyl (C=O) groups excluding carboxylic acids is 1. The van der Waals surface area contributed by atoms with E-state index in [0.29, 0.717) is 50.6 Å². The molecule has 1 aromatic rings. The number of hydrogen-bond acceptors (Lipinski definition) is 7. The average molecular weight is 549 g/mol. The van der Waals surface area contributed by atoms with E-state index in [-0.39, 0.29) is 37.5 Å². The lowest BCUT2D eigenvalue weighted by molar-refractivity contribution is -0.870. The van der Waals surface area contributed by atoms with Gasteiger partial charge in [0.15, 0.2) is 17.8 Å². The third-order valence-corrected chi connectivity index (χ3v) is 7.98. The van der Waals surface area contributed by atoms with Crippen molar-refractivity contribution in [3.63, 3.8) is 0 Å². The lowest BCUT2D eigenvalue weighted by atomic mass is 9.83. The van der Waals surface area contributed by atoms with Crippen LogP contribution in [-0.4, -0.2) is 117 Å². The van der Waals surface area contributed by atoms with Crippen LogP contribution in [0.15, 0.2) is 18.2 Å². The molecular formula is C29H46N3O7+. The highest BCUT2D eigenvalue weighted by Crippen LogP contribution is 2.43. The van der Waals surface area contributed by atoms with Gasteiger partial charge in [-0.2, -0.15) is 0 Å². The van der Waals surface area contributed by atoms with E-state index in [0.717, 1.165) is 42.4 Å². The number of rotatable bonds is 14. The van der Waals surface area contributed by atoms with Crippen molar-refractivity contribution in [2.45, 2.75) is 57.3 Å². The first-order valence-electron chi connectivity index (χ1n) is 14.3. The monoisotopic (exact) mass is 548 g/mol. The summed E-state index contributed by atoms with van der Waals surface area (Å²) in [5.41, 5.74) is 0.894. The molecule has 0 unspecified atom stereocenters. The van der Waals surface area contributed by atoms with E-state index in [2.05, 4.69) is 33.0 Å². The van der Waals surface area contributed by atoms with Crippen molar-refractivity contribution < 1.29 is 38.1 Å². The third-order valence-electron chi connectivity index (χ3n) is 7.98. The SMILES string of the molecule is CCCCN(CCC[N+](C)(C)C)C(=O)CN1C[C@H](c2ccc3c(c2)OCO3)[C@@H](C(=O)O)[C@@H]1CCC1OCCO1. The van der Waals surface area contributed by atoms with Crippen molar-refractivity contribution in [2.75, 3.05) is 73.9 Å². The number of unbranched alkanes of at least 4 members (excludes halogenated alkanes) is 1. The molecule has 3 atom stereocenters. The van der Waals surface area contributed by atoms with Gasteiger partial charge in [0, 0.05) is 38.0 Å². The topological polar surface area (TPSA) is 97.8 Å². The highest BCUT2D eigenvalue weighted by molar-refractivity contribution is 5.79. The van der Waals surface area contributed by atoms with Crippen molar-refractivity contribution in [3.05, 3.63) is 23.8 Å². The molecule has 0 saturated carbocycles. The van der Waals surface area contributed by atoms with Gasteiger partial charge >= 0.3 is 5.97 Å². The summed E-state index contributed by atoms with van der Waals surface area (Å²) in [6.07, 6.45) is 3.74. The van der Waals surface area contributed by atoms with Gasteiger partial charge < -0.3 is 33.4 Å². The summed E-state index contributed by atoms with van der Waals surface area (Å²) in [7, 11) is 6.48. The van der Waals surface area contributed by atoms with E-state index < -0.39 is 11.9 Å². The van der Waals surface area contributed by atoms with E-state index in [9.17, 15) is 14.7 Å². The smallest absolute Gasteiger partial charge is 0.308 e. The summed E-state index contributed by atoms with van der Waals surface area (Å²) in [5.74, 6) is -0.415. The predicted octanol–water partition coefficient (Wildman–Crippen LogP) is 2.76. The summed E-state index contributed by atoms with van der Waals surface area (Å²) in [6.45, 7) is 6.52. The molecule has 0 radical (unpaired) electrons. The summed E-state index contributed by atoms with van der Waals surface area (Å²) in [6, 6.07) is 5.36. The summed E-state index contributed by atoms with van der Waals surface area (Å²) in [4.78, 5) is 30.5. The van der Waals surface area contributed by atoms with Crippen molar-refractivity contribution >= 4 is 11.9 Å². The standard InChI is InChI=1S/C29H45N3O7/c1-5-6-12-30(13-7-14-32(2,3)4)26(33)19-31-18-22(21-8-10-24-25(17-21)39-20-38-24)28(29(34)35)23(31)9-11-27-36-15-16-37-27/h8,10,17,22-23,27-28H,5-7,9,11-16,18-20H2,1-4H3/p+1/t22-,23+,28-/m1/s1. The number of ether oxygens (including phenoxy) is 4. The molecule has 0 bridgehead atoms. The Morgan fingerprint density at radius 2 is 1.77 bits per heavy atom. The number of fused-ring (bicyclic) bond motifs is 1. The summed E-state index contributed by atoms with van der Waals surface area (Å²) < 4.78 is 23.2. The number of carboxylic acid groups (broad SMARTS) is 1. The zero-order valence-corrected chi connectivity index (χ0v) is 24.0. The van der Waals surface area contributed by atoms with Gasteiger partial charge in [-0.25, -0.2) is 0 Å². The molecular weight excluding hydrogens is 502 g/mol. The van der Waals surface area contributed by atoms with Crippen LogP contribution in [0.5, 0.6) is 11.5 Å². The molecule has 3 heterocycles. The Labute approximate surface area is 232 Å². The first kappa shape index (κ1) is 29.6. The lowest BCUT2D eigenvalue weighted by Gasteiger charge is -2.31. The van der Waals surface area contributed by atoms with E-state index in [1.54, 1.807) is 0 Å². The fourth-order valence-electron chi connectivity index (χ4n) is 5.93. The molecule has 2 saturated heterocycles. The first-order valence-corrected chi connectivity index (χ1v) is 14.3. The summed E-state index contributed by atoms with van der Waals surface area (Å²) >= 11 is 0. The maximum atomic E-state index is 13.7. The second-order valence-corrected chi connectivity index (χ2v) is 11.9. The minimum Gasteiger partial charge on any atom is -0.481 e. The Bertz CT molecular complexity index is 976. The molecule has 0 aliphatic carbocycles. The number of aliphatic carboxylic acids is 1. The van der Waals surface area contributed by atoms with E-state index in [1.165, 1.54) is 0 Å². The van der Waals surface area contributed by atoms with Crippen LogP contribution in [0.3, 0.4) is 0 Å². The Kier molecular flexibility index (Phi) is 10.1. The molecule has 10 nitrogen and oxygen atoms in total. The van der Waals surface area contributed by atoms with Crippen molar-refractivity contribution in [2.24, 2.45) is 5.92 Å². The second kappa shape index (κ2) is 13.3. The number of benzene rings is 1. The minimum atomic E-state index is -0.850. The average Bonchev–Trinajstić information content (AvgIpc) is 3.63. The highest BCUT2D eigenvalue weighted by atomic mass is 16.7. The number of quaternary nitrogens is 1. The molecule has 1 aromatic carbocycles. The maximum Gasteiger partial charge on any atom is 0.308 e. The summed E-state index contributed by atoms with van der Waals surface area (Å²) in [5, 5.41) is 10.4. The number of amides is 1. The van der Waals surface area contributed by atoms with Crippen molar-refractivity contribution in [1.29, 1.82) is 0 Å². The number of likely N-dealkylation sites (tertiary alicyclic amines) is 1. The Morgan fingerprint density at radius 3 is 2.46 bits per heavy atom. The van der Waals surface area contributed by atoms with Gasteiger partial charge in [0.25, 0.3) is 0 Å². The zero-order valence-electron chi connectivity index (χ0n) is 24.0. The zero-order chi connectivity index (χ0) is 28.0. The Hall–Kier alpha value is -2.40. The molecule has 3 aliphatic heterocycles. The number of hydrogen-bond donors (Lipinski definition) is 1. The van der Waals surface area contributed by atoms with Crippen LogP contribution in [0.2, 0.25) is 0 Å². The van der Waals surface area contributed by atoms with Gasteiger partial charge in [-0.3, -0.25) is 14.5 Å². The molecule has 10 heteroatoms. The second-order valence-electron chi connectivity index (χ2n) is 11.9. The van der Waals surface area contributed by atoms with Crippen LogP contribution in [0.4, 0.5) is 0 Å². The molecule has 1 amide bonds. The normalized spacial score (nSPS) is 23.4. The highest BCUT2D eigenvalue weighted by Gasteiger charge is 2.47. The van der Waals surface area contributed by atoms with E-state index in [4.69, 9.17) is 18.9 Å². The number of carboxylic acids is 1. The Balaban J connectivity index is 1.53. The minimum absolute atomic E-state index is 0.0682. The van der Waals surface area contributed by atoms with Gasteiger partial charge in [0.2, 0.25) is 12.7 Å². The number of carbonyl (C=O) groups is 2. The van der Waals surface area contributed by atoms with Gasteiger partial charge in [0.05, 0.1) is 53.4 Å². The molecule has 39 heavy (non-hydrogen) atoms. The molecule has 4 rings (SSSR count). The van der Waals surface area contributed by atoms with E-state index in [1.807, 2.05) is 23.1 Å². The molecule has 1 N–H and O–H groups in total. The molecule has 0 spiro atoms. The van der Waals surface area contributed by atoms with Crippen LogP contribution < -0.4 is 9.47 Å². The molecule has 2 fully saturated rings. The predicted molar refractivity (Wildman–Crippen MR) is 146 cm³/mol. The third kappa shape index (κ3) is 7.84.